The number of nitrogens with zero attached hydrogens (tertiary/aromatic N) is 2. The summed E-state index contributed by atoms with van der Waals surface area (Å²) in [7, 11) is 0. The number of aryl methyl sites for hydroxylation is 3. The van der Waals surface area contributed by atoms with Crippen molar-refractivity contribution in [2.24, 2.45) is 0 Å². The lowest BCUT2D eigenvalue weighted by Gasteiger charge is -2.06. The molecule has 3 nitrogen and oxygen atoms in total. The molecule has 0 aliphatic heterocycles. The molecule has 0 saturated carbocycles. The summed E-state index contributed by atoms with van der Waals surface area (Å²) >= 11 is 5.92. The Labute approximate surface area is 106 Å². The average molecular weight is 251 g/mol. The van der Waals surface area contributed by atoms with Gasteiger partial charge in [0.25, 0.3) is 5.89 Å². The van der Waals surface area contributed by atoms with E-state index in [-0.39, 0.29) is 5.38 Å². The van der Waals surface area contributed by atoms with E-state index in [1.54, 1.807) is 0 Å². The highest BCUT2D eigenvalue weighted by atomic mass is 35.5. The van der Waals surface area contributed by atoms with Crippen molar-refractivity contribution in [3.8, 4) is 11.5 Å². The number of aromatic nitrogens is 2. The molecular weight excluding hydrogens is 236 g/mol. The highest BCUT2D eigenvalue weighted by Gasteiger charge is 2.16. The number of halogens is 1. The normalized spacial score (nSPS) is 12.8. The molecule has 0 amide bonds. The lowest BCUT2D eigenvalue weighted by Crippen LogP contribution is -1.91. The Morgan fingerprint density at radius 1 is 1.18 bits per heavy atom. The van der Waals surface area contributed by atoms with Crippen LogP contribution in [0.2, 0.25) is 0 Å². The van der Waals surface area contributed by atoms with Gasteiger partial charge in [0, 0.05) is 5.56 Å². The molecule has 0 bridgehead atoms. The summed E-state index contributed by atoms with van der Waals surface area (Å²) in [5.41, 5.74) is 4.51. The van der Waals surface area contributed by atoms with Crippen LogP contribution >= 0.6 is 11.6 Å². The van der Waals surface area contributed by atoms with Gasteiger partial charge < -0.3 is 4.52 Å². The molecule has 4 heteroatoms. The number of alkyl halides is 1. The summed E-state index contributed by atoms with van der Waals surface area (Å²) in [5.74, 6) is 1.07. The predicted octanol–water partition coefficient (Wildman–Crippen LogP) is 3.96. The third-order valence-corrected chi connectivity index (χ3v) is 2.88. The van der Waals surface area contributed by atoms with Crippen LogP contribution in [0.4, 0.5) is 0 Å². The van der Waals surface area contributed by atoms with E-state index in [0.717, 1.165) is 16.7 Å². The van der Waals surface area contributed by atoms with Crippen LogP contribution in [0.1, 0.15) is 34.8 Å². The Morgan fingerprint density at radius 3 is 2.24 bits per heavy atom. The largest absolute Gasteiger partial charge is 0.334 e. The molecule has 0 N–H and O–H groups in total. The molecule has 1 heterocycles. The first kappa shape index (κ1) is 12.1. The van der Waals surface area contributed by atoms with Gasteiger partial charge in [0.1, 0.15) is 0 Å². The van der Waals surface area contributed by atoms with Gasteiger partial charge in [-0.2, -0.15) is 4.98 Å². The smallest absolute Gasteiger partial charge is 0.258 e. The van der Waals surface area contributed by atoms with Crippen molar-refractivity contribution in [3.05, 3.63) is 34.6 Å². The van der Waals surface area contributed by atoms with E-state index < -0.39 is 0 Å². The molecule has 0 aliphatic carbocycles. The second-order valence-corrected chi connectivity index (χ2v) is 5.00. The highest BCUT2D eigenvalue weighted by Crippen LogP contribution is 2.28. The van der Waals surface area contributed by atoms with Crippen molar-refractivity contribution in [1.29, 1.82) is 0 Å². The minimum absolute atomic E-state index is 0.237. The van der Waals surface area contributed by atoms with Crippen molar-refractivity contribution in [3.63, 3.8) is 0 Å². The number of rotatable bonds is 2. The van der Waals surface area contributed by atoms with Crippen LogP contribution in [0.3, 0.4) is 0 Å². The maximum Gasteiger partial charge on any atom is 0.258 e. The van der Waals surface area contributed by atoms with E-state index in [1.807, 2.05) is 20.8 Å². The Morgan fingerprint density at radius 2 is 1.76 bits per heavy atom. The summed E-state index contributed by atoms with van der Waals surface area (Å²) in [4.78, 5) is 4.32. The molecule has 2 rings (SSSR count). The minimum atomic E-state index is -0.237. The summed E-state index contributed by atoms with van der Waals surface area (Å²) in [6.45, 7) is 7.99. The molecule has 1 aromatic heterocycles. The van der Waals surface area contributed by atoms with Gasteiger partial charge >= 0.3 is 0 Å². The fourth-order valence-electron chi connectivity index (χ4n) is 2.02. The van der Waals surface area contributed by atoms with Crippen LogP contribution in [-0.4, -0.2) is 10.1 Å². The van der Waals surface area contributed by atoms with Gasteiger partial charge in [-0.3, -0.25) is 0 Å². The predicted molar refractivity (Wildman–Crippen MR) is 68.2 cm³/mol. The summed E-state index contributed by atoms with van der Waals surface area (Å²) in [5, 5.41) is 3.64. The Hall–Kier alpha value is -1.35. The summed E-state index contributed by atoms with van der Waals surface area (Å²) in [6.07, 6.45) is 0. The zero-order valence-electron chi connectivity index (χ0n) is 10.4. The first-order chi connectivity index (χ1) is 7.99. The van der Waals surface area contributed by atoms with Crippen LogP contribution in [0.25, 0.3) is 11.5 Å². The Kier molecular flexibility index (Phi) is 3.20. The molecule has 1 unspecified atom stereocenters. The van der Waals surface area contributed by atoms with E-state index in [9.17, 15) is 0 Å². The van der Waals surface area contributed by atoms with Gasteiger partial charge in [-0.15, -0.1) is 11.6 Å². The highest BCUT2D eigenvalue weighted by molar-refractivity contribution is 6.20. The number of benzene rings is 1. The Bertz CT molecular complexity index is 523. The monoisotopic (exact) mass is 250 g/mol. The minimum Gasteiger partial charge on any atom is -0.334 e. The lowest BCUT2D eigenvalue weighted by molar-refractivity contribution is 0.422. The number of hydrogen-bond donors (Lipinski definition) is 0. The van der Waals surface area contributed by atoms with Gasteiger partial charge in [0.05, 0.1) is 5.38 Å². The first-order valence-corrected chi connectivity index (χ1v) is 5.98. The van der Waals surface area contributed by atoms with E-state index >= 15 is 0 Å². The molecular formula is C13H15ClN2O. The quantitative estimate of drug-likeness (QED) is 0.758. The number of hydrogen-bond acceptors (Lipinski definition) is 3. The molecule has 0 radical (unpaired) electrons. The molecule has 0 spiro atoms. The maximum atomic E-state index is 5.92. The molecule has 1 aromatic carbocycles. The fourth-order valence-corrected chi connectivity index (χ4v) is 2.10. The molecule has 1 atom stereocenters. The van der Waals surface area contributed by atoms with Gasteiger partial charge in [-0.1, -0.05) is 22.9 Å². The van der Waals surface area contributed by atoms with Crippen LogP contribution < -0.4 is 0 Å². The van der Waals surface area contributed by atoms with Crippen molar-refractivity contribution in [2.75, 3.05) is 0 Å². The van der Waals surface area contributed by atoms with Gasteiger partial charge in [0.2, 0.25) is 0 Å². The van der Waals surface area contributed by atoms with Gasteiger partial charge in [-0.25, -0.2) is 0 Å². The third kappa shape index (κ3) is 2.34. The lowest BCUT2D eigenvalue weighted by atomic mass is 10.00. The van der Waals surface area contributed by atoms with Crippen molar-refractivity contribution in [2.45, 2.75) is 33.1 Å². The first-order valence-electron chi connectivity index (χ1n) is 5.55. The van der Waals surface area contributed by atoms with E-state index in [4.69, 9.17) is 16.1 Å². The van der Waals surface area contributed by atoms with Crippen LogP contribution in [0, 0.1) is 20.8 Å². The summed E-state index contributed by atoms with van der Waals surface area (Å²) in [6, 6.07) is 4.21. The summed E-state index contributed by atoms with van der Waals surface area (Å²) < 4.78 is 5.27. The zero-order chi connectivity index (χ0) is 12.6. The van der Waals surface area contributed by atoms with Gasteiger partial charge in [-0.05, 0) is 38.8 Å². The maximum absolute atomic E-state index is 5.92. The SMILES string of the molecule is Cc1cc(C)c(-c2nc(C(C)Cl)no2)c(C)c1. The third-order valence-electron chi connectivity index (χ3n) is 2.69. The zero-order valence-corrected chi connectivity index (χ0v) is 11.2. The molecule has 90 valence electrons. The van der Waals surface area contributed by atoms with Crippen LogP contribution in [-0.2, 0) is 0 Å². The molecule has 2 aromatic rings. The Balaban J connectivity index is 2.52. The van der Waals surface area contributed by atoms with E-state index in [1.165, 1.54) is 5.56 Å². The average Bonchev–Trinajstić information content (AvgIpc) is 2.65. The van der Waals surface area contributed by atoms with Crippen molar-refractivity contribution in [1.82, 2.24) is 10.1 Å². The van der Waals surface area contributed by atoms with Crippen LogP contribution in [0.15, 0.2) is 16.7 Å². The van der Waals surface area contributed by atoms with Crippen molar-refractivity contribution < 1.29 is 4.52 Å². The fraction of sp³-hybridized carbons (Fsp3) is 0.385. The van der Waals surface area contributed by atoms with Crippen LogP contribution in [0.5, 0.6) is 0 Å². The molecule has 0 aliphatic rings. The van der Waals surface area contributed by atoms with E-state index in [0.29, 0.717) is 11.7 Å². The standard InChI is InChI=1S/C13H15ClN2O/c1-7-5-8(2)11(9(3)6-7)13-15-12(10(4)14)16-17-13/h5-6,10H,1-4H3. The van der Waals surface area contributed by atoms with E-state index in [2.05, 4.69) is 29.2 Å². The molecule has 17 heavy (non-hydrogen) atoms. The molecule has 0 saturated heterocycles. The topological polar surface area (TPSA) is 38.9 Å². The van der Waals surface area contributed by atoms with Crippen molar-refractivity contribution >= 4 is 11.6 Å². The second-order valence-electron chi connectivity index (χ2n) is 4.35. The molecule has 0 fully saturated rings. The second kappa shape index (κ2) is 4.49. The van der Waals surface area contributed by atoms with Gasteiger partial charge in [0.15, 0.2) is 5.82 Å².